The van der Waals surface area contributed by atoms with Crippen LogP contribution < -0.4 is 0 Å². The first-order chi connectivity index (χ1) is 4.72. The first kappa shape index (κ1) is 10.4. The van der Waals surface area contributed by atoms with Crippen molar-refractivity contribution in [2.75, 3.05) is 0 Å². The van der Waals surface area contributed by atoms with Crippen LogP contribution in [0.5, 0.6) is 0 Å². The van der Waals surface area contributed by atoms with Crippen molar-refractivity contribution in [2.24, 2.45) is 0 Å². The van der Waals surface area contributed by atoms with Gasteiger partial charge in [-0.3, -0.25) is 0 Å². The second-order valence-electron chi connectivity index (χ2n) is 3.10. The minimum Gasteiger partial charge on any atom is -0.0735 e. The van der Waals surface area contributed by atoms with Crippen molar-refractivity contribution < 1.29 is 0 Å². The van der Waals surface area contributed by atoms with E-state index in [4.69, 9.17) is 0 Å². The second kappa shape index (κ2) is 6.16. The van der Waals surface area contributed by atoms with Crippen LogP contribution in [0.4, 0.5) is 0 Å². The summed E-state index contributed by atoms with van der Waals surface area (Å²) in [6.07, 6.45) is 2.84. The molecule has 0 fully saturated rings. The fourth-order valence-corrected chi connectivity index (χ4v) is 8.19. The summed E-state index contributed by atoms with van der Waals surface area (Å²) in [5.74, 6) is 0. The molecule has 0 rings (SSSR count). The Morgan fingerprint density at radius 1 is 0.900 bits per heavy atom. The normalized spacial score (nSPS) is 11.4. The van der Waals surface area contributed by atoms with E-state index in [9.17, 15) is 0 Å². The Labute approximate surface area is 69.0 Å². The fourth-order valence-electron chi connectivity index (χ4n) is 1.23. The molecule has 0 N–H and O–H groups in total. The van der Waals surface area contributed by atoms with Gasteiger partial charge < -0.3 is 0 Å². The van der Waals surface area contributed by atoms with E-state index in [1.807, 2.05) is 0 Å². The van der Waals surface area contributed by atoms with Crippen LogP contribution in [0, 0.1) is 0 Å². The molecule has 0 aliphatic carbocycles. The summed E-state index contributed by atoms with van der Waals surface area (Å²) in [5, 5.41) is 0. The fraction of sp³-hybridized carbons (Fsp3) is 1.00. The summed E-state index contributed by atoms with van der Waals surface area (Å²) in [4.78, 5) is 0. The van der Waals surface area contributed by atoms with Gasteiger partial charge in [0.05, 0.1) is 0 Å². The largest absolute Gasteiger partial charge is 0.0735 e. The lowest BCUT2D eigenvalue weighted by Gasteiger charge is -2.15. The molecule has 2 radical (unpaired) electrons. The molecule has 0 saturated carbocycles. The Balaban J connectivity index is 3.50. The quantitative estimate of drug-likeness (QED) is 0.559. The summed E-state index contributed by atoms with van der Waals surface area (Å²) in [5.41, 5.74) is 0. The summed E-state index contributed by atoms with van der Waals surface area (Å²) in [6.45, 7) is 9.63. The van der Waals surface area contributed by atoms with Gasteiger partial charge in [0.25, 0.3) is 0 Å². The molecule has 0 aliphatic rings. The van der Waals surface area contributed by atoms with Gasteiger partial charge in [-0.05, 0) is 0 Å². The molecular weight excluding hydrogens is 152 g/mol. The number of hydrogen-bond donors (Lipinski definition) is 0. The van der Waals surface area contributed by atoms with Crippen molar-refractivity contribution in [3.05, 3.63) is 0 Å². The average Bonchev–Trinajstić information content (AvgIpc) is 1.87. The molecule has 0 amide bonds. The minimum atomic E-state index is 0.104. The molecule has 2 heteroatoms. The molecule has 0 bridgehead atoms. The van der Waals surface area contributed by atoms with Crippen LogP contribution in [0.25, 0.3) is 0 Å². The Morgan fingerprint density at radius 2 is 1.30 bits per heavy atom. The van der Waals surface area contributed by atoms with E-state index in [1.165, 1.54) is 12.8 Å². The molecule has 0 aromatic carbocycles. The molecular formula is C8H20Si2. The maximum Gasteiger partial charge on any atom is 0.0372 e. The van der Waals surface area contributed by atoms with Crippen molar-refractivity contribution in [3.8, 4) is 0 Å². The van der Waals surface area contributed by atoms with Gasteiger partial charge in [-0.1, -0.05) is 51.9 Å². The predicted octanol–water partition coefficient (Wildman–Crippen LogP) is 3.13. The van der Waals surface area contributed by atoms with Gasteiger partial charge in [0.1, 0.15) is 0 Å². The van der Waals surface area contributed by atoms with Gasteiger partial charge in [0, 0.05) is 16.6 Å². The second-order valence-corrected chi connectivity index (χ2v) is 12.4. The van der Waals surface area contributed by atoms with Crippen LogP contribution in [-0.4, -0.2) is 16.6 Å². The lowest BCUT2D eigenvalue weighted by Crippen LogP contribution is -2.28. The zero-order valence-electron chi connectivity index (χ0n) is 7.83. The first-order valence-corrected chi connectivity index (χ1v) is 9.79. The Bertz CT molecular complexity index is 65.7. The third-order valence-electron chi connectivity index (χ3n) is 1.81. The van der Waals surface area contributed by atoms with Crippen LogP contribution in [-0.2, 0) is 0 Å². The van der Waals surface area contributed by atoms with Crippen molar-refractivity contribution in [3.63, 3.8) is 0 Å². The summed E-state index contributed by atoms with van der Waals surface area (Å²) in [6, 6.07) is 3.14. The highest BCUT2D eigenvalue weighted by atomic mass is 29.2. The van der Waals surface area contributed by atoms with E-state index in [1.54, 1.807) is 12.1 Å². The topological polar surface area (TPSA) is 0 Å². The van der Waals surface area contributed by atoms with Crippen LogP contribution >= 0.6 is 0 Å². The van der Waals surface area contributed by atoms with E-state index in [2.05, 4.69) is 26.9 Å². The smallest absolute Gasteiger partial charge is 0.0372 e. The number of rotatable bonds is 5. The van der Waals surface area contributed by atoms with Crippen LogP contribution in [0.2, 0.25) is 25.2 Å². The predicted molar refractivity (Wildman–Crippen MR) is 53.4 cm³/mol. The van der Waals surface area contributed by atoms with Crippen molar-refractivity contribution in [1.29, 1.82) is 0 Å². The van der Waals surface area contributed by atoms with Gasteiger partial charge >= 0.3 is 0 Å². The molecule has 0 aromatic heterocycles. The van der Waals surface area contributed by atoms with Crippen molar-refractivity contribution in [1.82, 2.24) is 0 Å². The average molecular weight is 172 g/mol. The van der Waals surface area contributed by atoms with Gasteiger partial charge in [-0.25, -0.2) is 0 Å². The lowest BCUT2D eigenvalue weighted by atomic mass is 10.6. The summed E-state index contributed by atoms with van der Waals surface area (Å²) < 4.78 is 0. The van der Waals surface area contributed by atoms with Crippen LogP contribution in [0.3, 0.4) is 0 Å². The molecule has 10 heavy (non-hydrogen) atoms. The van der Waals surface area contributed by atoms with Gasteiger partial charge in [0.2, 0.25) is 0 Å². The van der Waals surface area contributed by atoms with E-state index < -0.39 is 0 Å². The number of hydrogen-bond acceptors (Lipinski definition) is 0. The molecule has 0 unspecified atom stereocenters. The van der Waals surface area contributed by atoms with E-state index in [0.717, 1.165) is 0 Å². The Morgan fingerprint density at radius 3 is 1.50 bits per heavy atom. The zero-order valence-corrected chi connectivity index (χ0v) is 9.83. The SMILES string of the molecule is CCC[Si](CCC)[Si](C)C. The molecule has 0 nitrogen and oxygen atoms in total. The molecule has 0 spiro atoms. The van der Waals surface area contributed by atoms with Crippen LogP contribution in [0.15, 0.2) is 0 Å². The zero-order chi connectivity index (χ0) is 7.98. The summed E-state index contributed by atoms with van der Waals surface area (Å²) >= 11 is 0. The highest BCUT2D eigenvalue weighted by Crippen LogP contribution is 2.08. The highest BCUT2D eigenvalue weighted by Gasteiger charge is 2.13. The van der Waals surface area contributed by atoms with E-state index in [-0.39, 0.29) is 16.6 Å². The van der Waals surface area contributed by atoms with Gasteiger partial charge in [0.15, 0.2) is 0 Å². The van der Waals surface area contributed by atoms with E-state index >= 15 is 0 Å². The third kappa shape index (κ3) is 4.28. The maximum atomic E-state index is 2.49. The minimum absolute atomic E-state index is 0.104. The molecule has 0 heterocycles. The van der Waals surface area contributed by atoms with Crippen molar-refractivity contribution in [2.45, 2.75) is 51.9 Å². The van der Waals surface area contributed by atoms with Gasteiger partial charge in [-0.2, -0.15) is 0 Å². The molecule has 0 saturated heterocycles. The Kier molecular flexibility index (Phi) is 6.43. The molecule has 0 aromatic rings. The lowest BCUT2D eigenvalue weighted by molar-refractivity contribution is 1.02. The molecule has 0 atom stereocenters. The molecule has 0 aliphatic heterocycles. The van der Waals surface area contributed by atoms with Gasteiger partial charge in [-0.15, -0.1) is 0 Å². The Hall–Kier alpha value is 0.434. The van der Waals surface area contributed by atoms with E-state index in [0.29, 0.717) is 0 Å². The standard InChI is InChI=1S/C8H20Si2/c1-5-7-10(8-6-2)9(3)4/h5-8H2,1-4H3. The molecule has 60 valence electrons. The van der Waals surface area contributed by atoms with Crippen LogP contribution in [0.1, 0.15) is 26.7 Å². The third-order valence-corrected chi connectivity index (χ3v) is 11.2. The first-order valence-electron chi connectivity index (χ1n) is 4.37. The van der Waals surface area contributed by atoms with Crippen molar-refractivity contribution >= 4 is 16.6 Å². The monoisotopic (exact) mass is 172 g/mol. The highest BCUT2D eigenvalue weighted by molar-refractivity contribution is 7.21. The maximum absolute atomic E-state index is 2.49. The summed E-state index contributed by atoms with van der Waals surface area (Å²) in [7, 11) is 0.242.